The van der Waals surface area contributed by atoms with Crippen molar-refractivity contribution in [2.24, 2.45) is 0 Å². The van der Waals surface area contributed by atoms with Crippen LogP contribution in [0.3, 0.4) is 0 Å². The molecule has 0 aromatic rings. The second-order valence-electron chi connectivity index (χ2n) is 22.2. The average Bonchev–Trinajstić information content (AvgIpc) is 2.84. The number of hydrogen-bond acceptors (Lipinski definition) is 14. The van der Waals surface area contributed by atoms with Crippen molar-refractivity contribution in [2.45, 2.75) is 245 Å². The van der Waals surface area contributed by atoms with Crippen LogP contribution in [0.25, 0.3) is 0 Å². The highest BCUT2D eigenvalue weighted by Gasteiger charge is 2.29. The largest absolute Gasteiger partial charge is 0.472 e. The summed E-state index contributed by atoms with van der Waals surface area (Å²) in [5.41, 5.74) is 0. The van der Waals surface area contributed by atoms with Gasteiger partial charge in [-0.1, -0.05) is 236 Å². The van der Waals surface area contributed by atoms with Crippen molar-refractivity contribution in [1.29, 1.82) is 0 Å². The van der Waals surface area contributed by atoms with E-state index in [1.54, 1.807) is 0 Å². The van der Waals surface area contributed by atoms with Gasteiger partial charge >= 0.3 is 33.6 Å². The predicted octanol–water partition coefficient (Wildman–Crippen LogP) is 19.3. The average molecular weight is 1340 g/mol. The molecule has 0 aromatic carbocycles. The molecule has 0 aliphatic heterocycles. The summed E-state index contributed by atoms with van der Waals surface area (Å²) in [6.45, 7) is 2.18. The molecule has 526 valence electrons. The quantitative estimate of drug-likeness (QED) is 0.0146. The smallest absolute Gasteiger partial charge is 0.463 e. The monoisotopic (exact) mass is 1340 g/mol. The molecular formula is C75H120O16P2. The molecule has 4 N–H and O–H groups in total. The highest BCUT2D eigenvalue weighted by atomic mass is 31.2. The molecule has 0 saturated heterocycles. The number of carbonyl (C=O) groups excluding carboxylic acids is 3. The zero-order valence-corrected chi connectivity index (χ0v) is 58.6. The van der Waals surface area contributed by atoms with Crippen LogP contribution in [-0.2, 0) is 55.8 Å². The summed E-state index contributed by atoms with van der Waals surface area (Å²) in [5.74, 6) is -1.69. The minimum atomic E-state index is -4.95. The number of rotatable bonds is 63. The van der Waals surface area contributed by atoms with Gasteiger partial charge in [-0.15, -0.1) is 0 Å². The molecule has 0 amide bonds. The van der Waals surface area contributed by atoms with Gasteiger partial charge in [-0.3, -0.25) is 32.5 Å². The zero-order chi connectivity index (χ0) is 68.1. The van der Waals surface area contributed by atoms with Crippen molar-refractivity contribution in [3.05, 3.63) is 170 Å². The van der Waals surface area contributed by atoms with E-state index in [4.69, 9.17) is 32.3 Å². The van der Waals surface area contributed by atoms with Gasteiger partial charge in [0.15, 0.2) is 6.10 Å². The van der Waals surface area contributed by atoms with Crippen LogP contribution in [0.1, 0.15) is 226 Å². The van der Waals surface area contributed by atoms with Crippen molar-refractivity contribution in [3.63, 3.8) is 0 Å². The van der Waals surface area contributed by atoms with Crippen LogP contribution < -0.4 is 0 Å². The first-order valence-electron chi connectivity index (χ1n) is 34.4. The van der Waals surface area contributed by atoms with Gasteiger partial charge in [-0.05, 0) is 141 Å². The van der Waals surface area contributed by atoms with E-state index >= 15 is 0 Å². The second-order valence-corrected chi connectivity index (χ2v) is 25.1. The van der Waals surface area contributed by atoms with E-state index < -0.39 is 91.5 Å². The lowest BCUT2D eigenvalue weighted by Crippen LogP contribution is -2.30. The highest BCUT2D eigenvalue weighted by Crippen LogP contribution is 2.45. The molecule has 0 fully saturated rings. The summed E-state index contributed by atoms with van der Waals surface area (Å²) in [6.07, 6.45) is 82.7. The van der Waals surface area contributed by atoms with E-state index in [-0.39, 0.29) is 19.3 Å². The number of aliphatic hydroxyl groups is 2. The maximum Gasteiger partial charge on any atom is 0.472 e. The standard InChI is InChI=1S/C75H120O16P2/c1-4-7-10-13-16-19-22-25-28-30-31-32-33-34-35-36-37-39-42-43-46-49-52-55-58-61-73(78)85-64-70(76)65-87-92(81,82)88-66-71(77)67-89-93(83,84)90-69-72(91-75(80)63-60-57-54-51-48-45-40-27-24-21-18-15-12-9-6-3)68-86-74(79)62-59-56-53-50-47-44-41-38-29-26-23-20-17-14-11-8-5-2/h7-12,16-21,25-29,31-32,34-35,37,39-41,44,50,53,70-72,76-77H,4-6,13-15,22-24,30,33,36,38,42-43,45-49,51-52,54-69H2,1-3H3,(H,81,82)(H,83,84)/b10-7-,11-8-,12-9-,19-16-,20-17-,21-18-,28-25-,29-26-,32-31-,35-34-,39-37-,40-27-,44-41-,53-50-. The molecule has 0 radical (unpaired) electrons. The third-order valence-electron chi connectivity index (χ3n) is 13.4. The van der Waals surface area contributed by atoms with Crippen LogP contribution in [-0.4, -0.2) is 95.9 Å². The highest BCUT2D eigenvalue weighted by molar-refractivity contribution is 7.47. The molecule has 0 spiro atoms. The Morgan fingerprint density at radius 2 is 0.548 bits per heavy atom. The van der Waals surface area contributed by atoms with Crippen molar-refractivity contribution < 1.29 is 75.8 Å². The van der Waals surface area contributed by atoms with Gasteiger partial charge in [0.05, 0.1) is 26.4 Å². The SMILES string of the molecule is CC/C=C\C/C=C\C/C=C\C/C=C\C/C=C\C/C=C\CCCCCCCCC(=O)OCC(O)COP(=O)(O)OCC(O)COP(=O)(O)OCC(COC(=O)CCC/C=C\C/C=C\C/C=C\C/C=C\C/C=C\CC)OC(=O)CCCCCCC/C=C\C/C=C\C/C=C\CC. The van der Waals surface area contributed by atoms with E-state index in [0.29, 0.717) is 25.7 Å². The normalized spacial score (nSPS) is 15.2. The van der Waals surface area contributed by atoms with Gasteiger partial charge in [0.2, 0.25) is 0 Å². The molecule has 18 heteroatoms. The first-order valence-corrected chi connectivity index (χ1v) is 37.4. The summed E-state index contributed by atoms with van der Waals surface area (Å²) in [6, 6.07) is 0. The lowest BCUT2D eigenvalue weighted by atomic mass is 10.1. The van der Waals surface area contributed by atoms with Crippen LogP contribution >= 0.6 is 15.6 Å². The summed E-state index contributed by atoms with van der Waals surface area (Å²) in [7, 11) is -9.82. The zero-order valence-electron chi connectivity index (χ0n) is 56.9. The molecule has 16 nitrogen and oxygen atoms in total. The molecule has 5 unspecified atom stereocenters. The van der Waals surface area contributed by atoms with Gasteiger partial charge in [0.25, 0.3) is 0 Å². The fourth-order valence-corrected chi connectivity index (χ4v) is 9.85. The van der Waals surface area contributed by atoms with Gasteiger partial charge in [-0.25, -0.2) is 9.13 Å². The minimum Gasteiger partial charge on any atom is -0.463 e. The van der Waals surface area contributed by atoms with Crippen LogP contribution in [0.15, 0.2) is 170 Å². The Morgan fingerprint density at radius 1 is 0.301 bits per heavy atom. The maximum absolute atomic E-state index is 12.9. The Bertz CT molecular complexity index is 2370. The number of hydrogen-bond donors (Lipinski definition) is 4. The van der Waals surface area contributed by atoms with Gasteiger partial charge in [0, 0.05) is 19.3 Å². The summed E-state index contributed by atoms with van der Waals surface area (Å²) in [5, 5.41) is 20.6. The second kappa shape index (κ2) is 66.9. The third kappa shape index (κ3) is 68.1. The number of phosphoric acid groups is 2. The summed E-state index contributed by atoms with van der Waals surface area (Å²) < 4.78 is 60.8. The molecule has 0 heterocycles. The minimum absolute atomic E-state index is 0.0660. The Balaban J connectivity index is 4.69. The van der Waals surface area contributed by atoms with Gasteiger partial charge in [-0.2, -0.15) is 0 Å². The van der Waals surface area contributed by atoms with E-state index in [2.05, 4.69) is 179 Å². The summed E-state index contributed by atoms with van der Waals surface area (Å²) >= 11 is 0. The third-order valence-corrected chi connectivity index (χ3v) is 15.3. The van der Waals surface area contributed by atoms with Crippen LogP contribution in [0, 0.1) is 0 Å². The van der Waals surface area contributed by atoms with Crippen LogP contribution in [0.2, 0.25) is 0 Å². The molecule has 0 aliphatic rings. The molecule has 0 rings (SSSR count). The Hall–Kier alpha value is -5.09. The lowest BCUT2D eigenvalue weighted by molar-refractivity contribution is -0.161. The Labute approximate surface area is 561 Å². The van der Waals surface area contributed by atoms with E-state index in [0.717, 1.165) is 161 Å². The van der Waals surface area contributed by atoms with E-state index in [9.17, 15) is 43.5 Å². The van der Waals surface area contributed by atoms with Crippen molar-refractivity contribution in [1.82, 2.24) is 0 Å². The topological polar surface area (TPSA) is 231 Å². The van der Waals surface area contributed by atoms with Crippen LogP contribution in [0.5, 0.6) is 0 Å². The number of aliphatic hydroxyl groups excluding tert-OH is 2. The molecule has 93 heavy (non-hydrogen) atoms. The molecule has 0 aliphatic carbocycles. The number of allylic oxidation sites excluding steroid dienone is 28. The Morgan fingerprint density at radius 3 is 0.892 bits per heavy atom. The first-order chi connectivity index (χ1) is 45.2. The number of phosphoric ester groups is 2. The fraction of sp³-hybridized carbons (Fsp3) is 0.587. The molecule has 0 aromatic heterocycles. The van der Waals surface area contributed by atoms with E-state index in [1.807, 2.05) is 12.2 Å². The van der Waals surface area contributed by atoms with Crippen LogP contribution in [0.4, 0.5) is 0 Å². The maximum atomic E-state index is 12.9. The number of esters is 3. The number of ether oxygens (including phenoxy) is 3. The van der Waals surface area contributed by atoms with E-state index in [1.165, 1.54) is 0 Å². The van der Waals surface area contributed by atoms with Crippen molar-refractivity contribution in [3.8, 4) is 0 Å². The Kier molecular flexibility index (Phi) is 63.2. The van der Waals surface area contributed by atoms with Gasteiger partial charge in [0.1, 0.15) is 25.4 Å². The lowest BCUT2D eigenvalue weighted by Gasteiger charge is -2.21. The van der Waals surface area contributed by atoms with Crippen molar-refractivity contribution >= 4 is 33.6 Å². The molecule has 5 atom stereocenters. The molecular weight excluding hydrogens is 1220 g/mol. The first kappa shape index (κ1) is 87.9. The van der Waals surface area contributed by atoms with Gasteiger partial charge < -0.3 is 34.2 Å². The predicted molar refractivity (Wildman–Crippen MR) is 380 cm³/mol. The van der Waals surface area contributed by atoms with Crippen molar-refractivity contribution in [2.75, 3.05) is 39.6 Å². The fourth-order valence-electron chi connectivity index (χ4n) is 8.27. The number of carbonyl (C=O) groups is 3. The summed E-state index contributed by atoms with van der Waals surface area (Å²) in [4.78, 5) is 58.4. The molecule has 0 saturated carbocycles. The molecule has 0 bridgehead atoms. The number of unbranched alkanes of at least 4 members (excludes halogenated alkanes) is 12.